The van der Waals surface area contributed by atoms with Crippen LogP contribution in [-0.4, -0.2) is 69.9 Å². The van der Waals surface area contributed by atoms with Crippen molar-refractivity contribution in [2.24, 2.45) is 0 Å². The van der Waals surface area contributed by atoms with Gasteiger partial charge in [-0.05, 0) is 38.8 Å². The molecule has 11 nitrogen and oxygen atoms in total. The minimum Gasteiger partial charge on any atom is -0.491 e. The van der Waals surface area contributed by atoms with E-state index < -0.39 is 27.8 Å². The Morgan fingerprint density at radius 2 is 1.71 bits per heavy atom. The summed E-state index contributed by atoms with van der Waals surface area (Å²) in [6.07, 6.45) is -0.0570. The number of hydrogen-bond acceptors (Lipinski definition) is 10. The minimum absolute atomic E-state index is 0.00186. The Morgan fingerprint density at radius 1 is 1.12 bits per heavy atom. The zero-order valence-corrected chi connectivity index (χ0v) is 21.0. The molecule has 0 aliphatic carbocycles. The van der Waals surface area contributed by atoms with Crippen molar-refractivity contribution >= 4 is 38.7 Å². The number of aliphatic hydroxyl groups excluding tert-OH is 1. The van der Waals surface area contributed by atoms with E-state index in [1.54, 1.807) is 20.8 Å². The predicted molar refractivity (Wildman–Crippen MR) is 124 cm³/mol. The predicted octanol–water partition coefficient (Wildman–Crippen LogP) is 2.50. The first-order valence-electron chi connectivity index (χ1n) is 10.0. The number of aliphatic hydroxyl groups is 1. The standard InChI is InChI=1S/C22H29NO10S/c1-12(20(25)31-7)16-13(9-10-24)14-11-15(33-34(8,27)28)18(29-5)19(30-6)17(14)23(16)21(26)32-22(2,3)4/h11,24H,1,9-10H2,2-8H3. The lowest BCUT2D eigenvalue weighted by Crippen LogP contribution is -2.28. The number of fused-ring (bicyclic) bond motifs is 1. The Hall–Kier alpha value is -3.25. The minimum atomic E-state index is -3.98. The van der Waals surface area contributed by atoms with E-state index in [1.165, 1.54) is 20.3 Å². The maximum Gasteiger partial charge on any atom is 0.419 e. The molecule has 0 saturated carbocycles. The molecule has 2 rings (SSSR count). The number of ether oxygens (including phenoxy) is 4. The first-order chi connectivity index (χ1) is 15.7. The summed E-state index contributed by atoms with van der Waals surface area (Å²) in [6.45, 7) is 8.39. The highest BCUT2D eigenvalue weighted by molar-refractivity contribution is 7.86. The van der Waals surface area contributed by atoms with Gasteiger partial charge in [0.05, 0.1) is 38.9 Å². The van der Waals surface area contributed by atoms with Crippen molar-refractivity contribution in [3.63, 3.8) is 0 Å². The molecule has 0 aliphatic heterocycles. The van der Waals surface area contributed by atoms with E-state index in [4.69, 9.17) is 23.1 Å². The fourth-order valence-electron chi connectivity index (χ4n) is 3.43. The number of esters is 1. The highest BCUT2D eigenvalue weighted by atomic mass is 32.2. The molecule has 0 bridgehead atoms. The van der Waals surface area contributed by atoms with E-state index in [2.05, 4.69) is 6.58 Å². The maximum atomic E-state index is 13.4. The monoisotopic (exact) mass is 499 g/mol. The van der Waals surface area contributed by atoms with Gasteiger partial charge in [0, 0.05) is 12.0 Å². The van der Waals surface area contributed by atoms with Crippen LogP contribution in [0.3, 0.4) is 0 Å². The third kappa shape index (κ3) is 5.45. The zero-order chi connectivity index (χ0) is 26.0. The zero-order valence-electron chi connectivity index (χ0n) is 20.2. The number of methoxy groups -OCH3 is 3. The van der Waals surface area contributed by atoms with Gasteiger partial charge in [0.15, 0.2) is 11.5 Å². The van der Waals surface area contributed by atoms with E-state index in [1.807, 2.05) is 0 Å². The lowest BCUT2D eigenvalue weighted by Gasteiger charge is -2.22. The lowest BCUT2D eigenvalue weighted by molar-refractivity contribution is -0.133. The van der Waals surface area contributed by atoms with E-state index in [-0.39, 0.29) is 58.0 Å². The van der Waals surface area contributed by atoms with Crippen LogP contribution in [0, 0.1) is 0 Å². The first-order valence-corrected chi connectivity index (χ1v) is 11.9. The quantitative estimate of drug-likeness (QED) is 0.327. The lowest BCUT2D eigenvalue weighted by atomic mass is 10.0. The second kappa shape index (κ2) is 9.94. The molecule has 0 unspecified atom stereocenters. The maximum absolute atomic E-state index is 13.4. The molecule has 0 aliphatic rings. The van der Waals surface area contributed by atoms with Crippen LogP contribution in [0.25, 0.3) is 16.5 Å². The number of aromatic nitrogens is 1. The van der Waals surface area contributed by atoms with Crippen LogP contribution in [0.5, 0.6) is 17.2 Å². The highest BCUT2D eigenvalue weighted by Crippen LogP contribution is 2.47. The fourth-order valence-corrected chi connectivity index (χ4v) is 3.88. The summed E-state index contributed by atoms with van der Waals surface area (Å²) in [5.41, 5.74) is -0.719. The molecule has 0 fully saturated rings. The molecule has 188 valence electrons. The Labute approximate surface area is 197 Å². The van der Waals surface area contributed by atoms with E-state index >= 15 is 0 Å². The number of carbonyl (C=O) groups is 2. The summed E-state index contributed by atoms with van der Waals surface area (Å²) in [7, 11) is -0.274. The van der Waals surface area contributed by atoms with Crippen molar-refractivity contribution in [2.45, 2.75) is 32.8 Å². The van der Waals surface area contributed by atoms with Gasteiger partial charge in [0.25, 0.3) is 0 Å². The smallest absolute Gasteiger partial charge is 0.419 e. The molecular formula is C22H29NO10S. The number of carbonyl (C=O) groups excluding carboxylic acids is 2. The molecule has 2 aromatic rings. The van der Waals surface area contributed by atoms with Gasteiger partial charge in [0.1, 0.15) is 11.1 Å². The van der Waals surface area contributed by atoms with Crippen LogP contribution in [-0.2, 0) is 30.8 Å². The summed E-state index contributed by atoms with van der Waals surface area (Å²) >= 11 is 0. The Bertz CT molecular complexity index is 1240. The molecule has 0 amide bonds. The Morgan fingerprint density at radius 3 is 2.15 bits per heavy atom. The largest absolute Gasteiger partial charge is 0.491 e. The van der Waals surface area contributed by atoms with Crippen LogP contribution < -0.4 is 13.7 Å². The van der Waals surface area contributed by atoms with Crippen molar-refractivity contribution < 1.29 is 46.2 Å². The Kier molecular flexibility index (Phi) is 7.89. The van der Waals surface area contributed by atoms with E-state index in [0.29, 0.717) is 0 Å². The molecule has 1 aromatic carbocycles. The molecule has 0 radical (unpaired) electrons. The third-order valence-electron chi connectivity index (χ3n) is 4.54. The second-order valence-corrected chi connectivity index (χ2v) is 9.79. The van der Waals surface area contributed by atoms with Crippen molar-refractivity contribution in [1.29, 1.82) is 0 Å². The summed E-state index contributed by atoms with van der Waals surface area (Å²) in [4.78, 5) is 25.8. The molecular weight excluding hydrogens is 470 g/mol. The van der Waals surface area contributed by atoms with Gasteiger partial charge in [-0.3, -0.25) is 0 Å². The first kappa shape index (κ1) is 27.0. The molecule has 1 heterocycles. The third-order valence-corrected chi connectivity index (χ3v) is 5.02. The highest BCUT2D eigenvalue weighted by Gasteiger charge is 2.33. The molecule has 0 spiro atoms. The molecule has 1 N–H and O–H groups in total. The van der Waals surface area contributed by atoms with Crippen molar-refractivity contribution in [3.05, 3.63) is 23.9 Å². The molecule has 1 aromatic heterocycles. The summed E-state index contributed by atoms with van der Waals surface area (Å²) in [5.74, 6) is -1.23. The number of nitrogens with zero attached hydrogens (tertiary/aromatic N) is 1. The van der Waals surface area contributed by atoms with Crippen LogP contribution >= 0.6 is 0 Å². The summed E-state index contributed by atoms with van der Waals surface area (Å²) in [6, 6.07) is 1.32. The van der Waals surface area contributed by atoms with Crippen LogP contribution in [0.2, 0.25) is 0 Å². The number of hydrogen-bond donors (Lipinski definition) is 1. The van der Waals surface area contributed by atoms with Gasteiger partial charge in [0.2, 0.25) is 5.75 Å². The van der Waals surface area contributed by atoms with Crippen LogP contribution in [0.4, 0.5) is 4.79 Å². The summed E-state index contributed by atoms with van der Waals surface area (Å²) in [5, 5.41) is 9.99. The normalized spacial score (nSPS) is 11.8. The van der Waals surface area contributed by atoms with Crippen molar-refractivity contribution in [2.75, 3.05) is 34.2 Å². The van der Waals surface area contributed by atoms with Gasteiger partial charge >= 0.3 is 22.2 Å². The average molecular weight is 500 g/mol. The van der Waals surface area contributed by atoms with Crippen molar-refractivity contribution in [1.82, 2.24) is 4.57 Å². The molecule has 0 saturated heterocycles. The Balaban J connectivity index is 3.16. The van der Waals surface area contributed by atoms with Crippen molar-refractivity contribution in [3.8, 4) is 17.2 Å². The van der Waals surface area contributed by atoms with Gasteiger partial charge in [-0.2, -0.15) is 8.42 Å². The average Bonchev–Trinajstić information content (AvgIpc) is 3.03. The SMILES string of the molecule is C=C(C(=O)OC)c1c(CCO)c2cc(OS(C)(=O)=O)c(OC)c(OC)c2n1C(=O)OC(C)(C)C. The van der Waals surface area contributed by atoms with Gasteiger partial charge in [-0.15, -0.1) is 0 Å². The second-order valence-electron chi connectivity index (χ2n) is 8.21. The van der Waals surface area contributed by atoms with Gasteiger partial charge < -0.3 is 28.2 Å². The fraction of sp³-hybridized carbons (Fsp3) is 0.455. The van der Waals surface area contributed by atoms with Crippen LogP contribution in [0.1, 0.15) is 32.0 Å². The van der Waals surface area contributed by atoms with E-state index in [9.17, 15) is 23.1 Å². The molecule has 12 heteroatoms. The topological polar surface area (TPSA) is 140 Å². The van der Waals surface area contributed by atoms with Gasteiger partial charge in [-0.1, -0.05) is 6.58 Å². The van der Waals surface area contributed by atoms with Gasteiger partial charge in [-0.25, -0.2) is 14.2 Å². The van der Waals surface area contributed by atoms with E-state index in [0.717, 1.165) is 17.9 Å². The van der Waals surface area contributed by atoms with Crippen LogP contribution in [0.15, 0.2) is 12.6 Å². The summed E-state index contributed by atoms with van der Waals surface area (Å²) < 4.78 is 51.1. The number of benzene rings is 1. The number of rotatable bonds is 8. The molecule has 0 atom stereocenters. The molecule has 34 heavy (non-hydrogen) atoms.